The van der Waals surface area contributed by atoms with Crippen molar-refractivity contribution in [1.29, 1.82) is 0 Å². The summed E-state index contributed by atoms with van der Waals surface area (Å²) >= 11 is 0. The third-order valence-electron chi connectivity index (χ3n) is 4.63. The average molecular weight is 312 g/mol. The lowest BCUT2D eigenvalue weighted by atomic mass is 10.1. The smallest absolute Gasteiger partial charge is 0.259 e. The van der Waals surface area contributed by atoms with Gasteiger partial charge in [-0.1, -0.05) is 0 Å². The Morgan fingerprint density at radius 1 is 1.00 bits per heavy atom. The number of hydrogen-bond donors (Lipinski definition) is 1. The van der Waals surface area contributed by atoms with Crippen molar-refractivity contribution in [3.05, 3.63) is 46.9 Å². The molecule has 0 radical (unpaired) electrons. The Morgan fingerprint density at radius 2 is 1.65 bits per heavy atom. The third kappa shape index (κ3) is 3.26. The summed E-state index contributed by atoms with van der Waals surface area (Å²) < 4.78 is 5.54. The molecule has 1 N–H and O–H groups in total. The van der Waals surface area contributed by atoms with E-state index in [0.29, 0.717) is 11.3 Å². The predicted octanol–water partition coefficient (Wildman–Crippen LogP) is 4.45. The summed E-state index contributed by atoms with van der Waals surface area (Å²) in [7, 11) is 0. The van der Waals surface area contributed by atoms with Crippen molar-refractivity contribution in [3.63, 3.8) is 0 Å². The second kappa shape index (κ2) is 6.49. The number of carbonyl (C=O) groups is 1. The van der Waals surface area contributed by atoms with Gasteiger partial charge >= 0.3 is 0 Å². The molecule has 1 fully saturated rings. The van der Waals surface area contributed by atoms with Crippen LogP contribution in [0.1, 0.15) is 46.7 Å². The molecule has 2 heterocycles. The van der Waals surface area contributed by atoms with E-state index in [1.165, 1.54) is 24.9 Å². The SMILES string of the molecule is Cc1oc(C)c(C(=O)Nc2ccc(N3CCCCC3)cc2)c1C. The van der Waals surface area contributed by atoms with Gasteiger partial charge < -0.3 is 14.6 Å². The Balaban J connectivity index is 1.71. The number of piperidine rings is 1. The van der Waals surface area contributed by atoms with Crippen molar-refractivity contribution in [2.24, 2.45) is 0 Å². The highest BCUT2D eigenvalue weighted by atomic mass is 16.3. The minimum Gasteiger partial charge on any atom is -0.466 e. The highest BCUT2D eigenvalue weighted by Gasteiger charge is 2.18. The van der Waals surface area contributed by atoms with Crippen molar-refractivity contribution in [1.82, 2.24) is 0 Å². The molecule has 1 aliphatic heterocycles. The number of carbonyl (C=O) groups excluding carboxylic acids is 1. The van der Waals surface area contributed by atoms with Crippen LogP contribution in [0.15, 0.2) is 28.7 Å². The Hall–Kier alpha value is -2.23. The summed E-state index contributed by atoms with van der Waals surface area (Å²) in [5.74, 6) is 1.36. The van der Waals surface area contributed by atoms with Gasteiger partial charge in [-0.3, -0.25) is 4.79 Å². The van der Waals surface area contributed by atoms with E-state index in [9.17, 15) is 4.79 Å². The average Bonchev–Trinajstić information content (AvgIpc) is 2.81. The monoisotopic (exact) mass is 312 g/mol. The molecule has 1 aliphatic rings. The van der Waals surface area contributed by atoms with Crippen LogP contribution < -0.4 is 10.2 Å². The molecule has 122 valence electrons. The molecule has 4 nitrogen and oxygen atoms in total. The van der Waals surface area contributed by atoms with E-state index in [0.717, 1.165) is 30.1 Å². The first-order valence-electron chi connectivity index (χ1n) is 8.29. The highest BCUT2D eigenvalue weighted by molar-refractivity contribution is 6.06. The molecule has 2 aromatic rings. The summed E-state index contributed by atoms with van der Waals surface area (Å²) in [6.45, 7) is 7.87. The standard InChI is InChI=1S/C19H24N2O2/c1-13-14(2)23-15(3)18(13)19(22)20-16-7-9-17(10-8-16)21-11-5-4-6-12-21/h7-10H,4-6,11-12H2,1-3H3,(H,20,22). The Morgan fingerprint density at radius 3 is 2.22 bits per heavy atom. The van der Waals surface area contributed by atoms with E-state index in [1.807, 2.05) is 32.9 Å². The lowest BCUT2D eigenvalue weighted by molar-refractivity contribution is 0.102. The van der Waals surface area contributed by atoms with Gasteiger partial charge in [0.2, 0.25) is 0 Å². The number of hydrogen-bond acceptors (Lipinski definition) is 3. The molecule has 0 aliphatic carbocycles. The molecular weight excluding hydrogens is 288 g/mol. The molecule has 23 heavy (non-hydrogen) atoms. The zero-order valence-electron chi connectivity index (χ0n) is 14.1. The first-order valence-corrected chi connectivity index (χ1v) is 8.29. The molecule has 1 aromatic carbocycles. The summed E-state index contributed by atoms with van der Waals surface area (Å²) in [6, 6.07) is 8.11. The Labute approximate surface area is 137 Å². The molecule has 0 unspecified atom stereocenters. The van der Waals surface area contributed by atoms with E-state index < -0.39 is 0 Å². The summed E-state index contributed by atoms with van der Waals surface area (Å²) in [4.78, 5) is 14.9. The van der Waals surface area contributed by atoms with Crippen LogP contribution in [-0.2, 0) is 0 Å². The number of anilines is 2. The summed E-state index contributed by atoms with van der Waals surface area (Å²) in [6.07, 6.45) is 3.85. The molecule has 1 aromatic heterocycles. The van der Waals surface area contributed by atoms with Gasteiger partial charge in [-0.05, 0) is 64.3 Å². The Kier molecular flexibility index (Phi) is 4.42. The highest BCUT2D eigenvalue weighted by Crippen LogP contribution is 2.24. The maximum absolute atomic E-state index is 12.5. The molecule has 0 saturated carbocycles. The lowest BCUT2D eigenvalue weighted by Crippen LogP contribution is -2.29. The molecule has 0 atom stereocenters. The third-order valence-corrected chi connectivity index (χ3v) is 4.63. The van der Waals surface area contributed by atoms with Crippen LogP contribution in [0.25, 0.3) is 0 Å². The minimum atomic E-state index is -0.109. The fourth-order valence-electron chi connectivity index (χ4n) is 3.23. The van der Waals surface area contributed by atoms with Crippen molar-refractivity contribution in [3.8, 4) is 0 Å². The van der Waals surface area contributed by atoms with E-state index in [4.69, 9.17) is 4.42 Å². The predicted molar refractivity (Wildman–Crippen MR) is 93.4 cm³/mol. The van der Waals surface area contributed by atoms with Crippen LogP contribution in [0.2, 0.25) is 0 Å². The molecule has 0 bridgehead atoms. The van der Waals surface area contributed by atoms with Crippen molar-refractivity contribution >= 4 is 17.3 Å². The topological polar surface area (TPSA) is 45.5 Å². The number of nitrogens with one attached hydrogen (secondary N) is 1. The molecule has 1 amide bonds. The molecule has 0 spiro atoms. The number of furan rings is 1. The van der Waals surface area contributed by atoms with Gasteiger partial charge in [0.1, 0.15) is 11.5 Å². The number of rotatable bonds is 3. The quantitative estimate of drug-likeness (QED) is 0.911. The van der Waals surface area contributed by atoms with Crippen molar-refractivity contribution in [2.75, 3.05) is 23.3 Å². The number of aryl methyl sites for hydroxylation is 2. The zero-order valence-corrected chi connectivity index (χ0v) is 14.1. The fourth-order valence-corrected chi connectivity index (χ4v) is 3.23. The largest absolute Gasteiger partial charge is 0.466 e. The second-order valence-electron chi connectivity index (χ2n) is 6.26. The first kappa shape index (κ1) is 15.7. The van der Waals surface area contributed by atoms with Crippen molar-refractivity contribution in [2.45, 2.75) is 40.0 Å². The van der Waals surface area contributed by atoms with Gasteiger partial charge in [0, 0.05) is 30.0 Å². The van der Waals surface area contributed by atoms with Crippen LogP contribution in [0, 0.1) is 20.8 Å². The molecule has 4 heteroatoms. The molecule has 3 rings (SSSR count). The van der Waals surface area contributed by atoms with Gasteiger partial charge in [0.25, 0.3) is 5.91 Å². The normalized spacial score (nSPS) is 14.8. The zero-order chi connectivity index (χ0) is 16.4. The van der Waals surface area contributed by atoms with Crippen LogP contribution in [0.4, 0.5) is 11.4 Å². The molecular formula is C19H24N2O2. The summed E-state index contributed by atoms with van der Waals surface area (Å²) in [5, 5.41) is 2.97. The second-order valence-corrected chi connectivity index (χ2v) is 6.26. The van der Waals surface area contributed by atoms with Crippen molar-refractivity contribution < 1.29 is 9.21 Å². The minimum absolute atomic E-state index is 0.109. The van der Waals surface area contributed by atoms with Gasteiger partial charge in [-0.25, -0.2) is 0 Å². The van der Waals surface area contributed by atoms with Crippen LogP contribution >= 0.6 is 0 Å². The number of amides is 1. The summed E-state index contributed by atoms with van der Waals surface area (Å²) in [5.41, 5.74) is 3.59. The number of nitrogens with zero attached hydrogens (tertiary/aromatic N) is 1. The van der Waals surface area contributed by atoms with Gasteiger partial charge in [0.15, 0.2) is 0 Å². The first-order chi connectivity index (χ1) is 11.1. The van der Waals surface area contributed by atoms with Gasteiger partial charge in [-0.2, -0.15) is 0 Å². The van der Waals surface area contributed by atoms with Crippen LogP contribution in [0.3, 0.4) is 0 Å². The molecule has 1 saturated heterocycles. The maximum Gasteiger partial charge on any atom is 0.259 e. The van der Waals surface area contributed by atoms with E-state index in [-0.39, 0.29) is 5.91 Å². The van der Waals surface area contributed by atoms with E-state index in [1.54, 1.807) is 0 Å². The fraction of sp³-hybridized carbons (Fsp3) is 0.421. The van der Waals surface area contributed by atoms with Gasteiger partial charge in [0.05, 0.1) is 5.56 Å². The van der Waals surface area contributed by atoms with Crippen LogP contribution in [0.5, 0.6) is 0 Å². The number of benzene rings is 1. The Bertz CT molecular complexity index is 695. The van der Waals surface area contributed by atoms with Gasteiger partial charge in [-0.15, -0.1) is 0 Å². The lowest BCUT2D eigenvalue weighted by Gasteiger charge is -2.28. The van der Waals surface area contributed by atoms with E-state index >= 15 is 0 Å². The maximum atomic E-state index is 12.5. The van der Waals surface area contributed by atoms with E-state index in [2.05, 4.69) is 22.3 Å². The van der Waals surface area contributed by atoms with Crippen LogP contribution in [-0.4, -0.2) is 19.0 Å².